The van der Waals surface area contributed by atoms with Gasteiger partial charge in [-0.3, -0.25) is 4.79 Å². The van der Waals surface area contributed by atoms with Crippen molar-refractivity contribution in [3.63, 3.8) is 0 Å². The number of ether oxygens (including phenoxy) is 1. The van der Waals surface area contributed by atoms with Crippen LogP contribution >= 0.6 is 0 Å². The molecule has 0 bridgehead atoms. The second-order valence-electron chi connectivity index (χ2n) is 5.14. The summed E-state index contributed by atoms with van der Waals surface area (Å²) in [6.45, 7) is 3.69. The molecule has 1 heterocycles. The van der Waals surface area contributed by atoms with Crippen LogP contribution in [0.25, 0.3) is 0 Å². The van der Waals surface area contributed by atoms with Crippen molar-refractivity contribution in [1.29, 1.82) is 0 Å². The third-order valence-electron chi connectivity index (χ3n) is 3.35. The van der Waals surface area contributed by atoms with Crippen LogP contribution in [0.3, 0.4) is 0 Å². The van der Waals surface area contributed by atoms with E-state index >= 15 is 0 Å². The number of hydrogen-bond donors (Lipinski definition) is 2. The third-order valence-corrected chi connectivity index (χ3v) is 3.35. The van der Waals surface area contributed by atoms with Crippen molar-refractivity contribution >= 4 is 11.9 Å². The van der Waals surface area contributed by atoms with Crippen LogP contribution in [0, 0.1) is 6.92 Å². The number of furan rings is 1. The van der Waals surface area contributed by atoms with Crippen LogP contribution in [0.5, 0.6) is 0 Å². The first-order chi connectivity index (χ1) is 11.0. The molecule has 1 atom stereocenters. The Morgan fingerprint density at radius 3 is 2.61 bits per heavy atom. The number of hydrogen-bond acceptors (Lipinski definition) is 4. The second kappa shape index (κ2) is 7.60. The smallest absolute Gasteiger partial charge is 0.339 e. The molecule has 0 aliphatic carbocycles. The fraction of sp³-hybridized carbons (Fsp3) is 0.294. The van der Waals surface area contributed by atoms with E-state index < -0.39 is 12.1 Å². The zero-order valence-electron chi connectivity index (χ0n) is 13.0. The minimum Gasteiger partial charge on any atom is -0.478 e. The van der Waals surface area contributed by atoms with Crippen molar-refractivity contribution in [2.45, 2.75) is 33.1 Å². The summed E-state index contributed by atoms with van der Waals surface area (Å²) in [6, 6.07) is 11.0. The number of carboxylic acids is 1. The number of nitrogens with one attached hydrogen (secondary N) is 1. The quantitative estimate of drug-likeness (QED) is 0.819. The van der Waals surface area contributed by atoms with Crippen molar-refractivity contribution in [3.8, 4) is 0 Å². The van der Waals surface area contributed by atoms with Crippen molar-refractivity contribution in [2.24, 2.45) is 0 Å². The van der Waals surface area contributed by atoms with Gasteiger partial charge in [0.2, 0.25) is 5.91 Å². The van der Waals surface area contributed by atoms with E-state index in [2.05, 4.69) is 5.32 Å². The van der Waals surface area contributed by atoms with E-state index in [1.54, 1.807) is 13.8 Å². The fourth-order valence-electron chi connectivity index (χ4n) is 2.03. The lowest BCUT2D eigenvalue weighted by Crippen LogP contribution is -2.33. The van der Waals surface area contributed by atoms with Gasteiger partial charge in [0.15, 0.2) is 0 Å². The summed E-state index contributed by atoms with van der Waals surface area (Å²) < 4.78 is 10.8. The van der Waals surface area contributed by atoms with Crippen LogP contribution in [0.15, 0.2) is 40.8 Å². The van der Waals surface area contributed by atoms with Crippen LogP contribution in [0.2, 0.25) is 0 Å². The molecule has 6 heteroatoms. The van der Waals surface area contributed by atoms with Gasteiger partial charge in [-0.1, -0.05) is 30.3 Å². The maximum Gasteiger partial charge on any atom is 0.339 e. The number of benzene rings is 1. The lowest BCUT2D eigenvalue weighted by molar-refractivity contribution is -0.132. The third kappa shape index (κ3) is 4.69. The molecule has 0 spiro atoms. The Balaban J connectivity index is 1.82. The van der Waals surface area contributed by atoms with E-state index in [-0.39, 0.29) is 18.0 Å². The molecule has 1 unspecified atom stereocenters. The van der Waals surface area contributed by atoms with Gasteiger partial charge in [0.1, 0.15) is 23.2 Å². The molecule has 1 amide bonds. The van der Waals surface area contributed by atoms with Gasteiger partial charge < -0.3 is 19.6 Å². The predicted octanol–water partition coefficient (Wildman–Crippen LogP) is 2.51. The Morgan fingerprint density at radius 2 is 2.00 bits per heavy atom. The number of carboxylic acid groups (broad SMARTS) is 1. The Labute approximate surface area is 134 Å². The highest BCUT2D eigenvalue weighted by Crippen LogP contribution is 2.14. The maximum absolute atomic E-state index is 12.0. The lowest BCUT2D eigenvalue weighted by atomic mass is 10.2. The van der Waals surface area contributed by atoms with E-state index in [0.717, 1.165) is 5.56 Å². The Bertz CT molecular complexity index is 678. The molecule has 122 valence electrons. The molecule has 0 saturated heterocycles. The van der Waals surface area contributed by atoms with E-state index in [4.69, 9.17) is 14.3 Å². The first kappa shape index (κ1) is 16.8. The summed E-state index contributed by atoms with van der Waals surface area (Å²) in [5, 5.41) is 11.6. The van der Waals surface area contributed by atoms with Gasteiger partial charge in [-0.25, -0.2) is 4.79 Å². The number of rotatable bonds is 7. The predicted molar refractivity (Wildman–Crippen MR) is 82.9 cm³/mol. The molecule has 2 rings (SSSR count). The van der Waals surface area contributed by atoms with Crippen LogP contribution in [0.1, 0.15) is 34.4 Å². The van der Waals surface area contributed by atoms with Crippen molar-refractivity contribution in [1.82, 2.24) is 5.32 Å². The van der Waals surface area contributed by atoms with Gasteiger partial charge in [0.25, 0.3) is 0 Å². The summed E-state index contributed by atoms with van der Waals surface area (Å²) in [6.07, 6.45) is -0.620. The number of amides is 1. The monoisotopic (exact) mass is 317 g/mol. The molecule has 2 N–H and O–H groups in total. The average Bonchev–Trinajstić information content (AvgIpc) is 2.92. The SMILES string of the molecule is Cc1oc(CNC(=O)C(C)OCc2ccccc2)cc1C(=O)O. The molecule has 0 saturated carbocycles. The minimum absolute atomic E-state index is 0.0997. The molecule has 1 aromatic carbocycles. The zero-order valence-corrected chi connectivity index (χ0v) is 13.0. The van der Waals surface area contributed by atoms with E-state index in [1.165, 1.54) is 6.07 Å². The molecule has 23 heavy (non-hydrogen) atoms. The van der Waals surface area contributed by atoms with Crippen molar-refractivity contribution in [3.05, 3.63) is 59.0 Å². The van der Waals surface area contributed by atoms with Crippen LogP contribution in [-0.4, -0.2) is 23.1 Å². The van der Waals surface area contributed by atoms with E-state index in [9.17, 15) is 9.59 Å². The molecule has 0 fully saturated rings. The van der Waals surface area contributed by atoms with Crippen LogP contribution in [0.4, 0.5) is 0 Å². The highest BCUT2D eigenvalue weighted by atomic mass is 16.5. The molecule has 0 aliphatic rings. The van der Waals surface area contributed by atoms with Crippen LogP contribution < -0.4 is 5.32 Å². The Kier molecular flexibility index (Phi) is 5.54. The first-order valence-corrected chi connectivity index (χ1v) is 7.23. The molecule has 6 nitrogen and oxygen atoms in total. The number of aryl methyl sites for hydroxylation is 1. The fourth-order valence-corrected chi connectivity index (χ4v) is 2.03. The van der Waals surface area contributed by atoms with E-state index in [1.807, 2.05) is 30.3 Å². The highest BCUT2D eigenvalue weighted by molar-refractivity contribution is 5.88. The lowest BCUT2D eigenvalue weighted by Gasteiger charge is -2.12. The van der Waals surface area contributed by atoms with Gasteiger partial charge in [0, 0.05) is 0 Å². The molecule has 1 aromatic heterocycles. The van der Waals surface area contributed by atoms with Gasteiger partial charge in [-0.2, -0.15) is 0 Å². The average molecular weight is 317 g/mol. The number of carbonyl (C=O) groups excluding carboxylic acids is 1. The summed E-state index contributed by atoms with van der Waals surface area (Å²) in [5.74, 6) is -0.631. The summed E-state index contributed by atoms with van der Waals surface area (Å²) in [7, 11) is 0. The van der Waals surface area contributed by atoms with Crippen molar-refractivity contribution in [2.75, 3.05) is 0 Å². The molecular weight excluding hydrogens is 298 g/mol. The Hall–Kier alpha value is -2.60. The summed E-state index contributed by atoms with van der Waals surface area (Å²) >= 11 is 0. The van der Waals surface area contributed by atoms with Crippen molar-refractivity contribution < 1.29 is 23.8 Å². The normalized spacial score (nSPS) is 11.9. The number of aromatic carboxylic acids is 1. The molecule has 0 aliphatic heterocycles. The molecule has 2 aromatic rings. The molecule has 0 radical (unpaired) electrons. The molecular formula is C17H19NO5. The maximum atomic E-state index is 12.0. The van der Waals surface area contributed by atoms with Crippen LogP contribution in [-0.2, 0) is 22.7 Å². The standard InChI is InChI=1S/C17H19NO5/c1-11-15(17(20)21)8-14(23-11)9-18-16(19)12(2)22-10-13-6-4-3-5-7-13/h3-8,12H,9-10H2,1-2H3,(H,18,19)(H,20,21). The van der Waals surface area contributed by atoms with Gasteiger partial charge in [-0.05, 0) is 25.5 Å². The topological polar surface area (TPSA) is 88.8 Å². The van der Waals surface area contributed by atoms with Gasteiger partial charge in [0.05, 0.1) is 13.2 Å². The van der Waals surface area contributed by atoms with Gasteiger partial charge in [-0.15, -0.1) is 0 Å². The minimum atomic E-state index is -1.05. The first-order valence-electron chi connectivity index (χ1n) is 7.23. The van der Waals surface area contributed by atoms with Gasteiger partial charge >= 0.3 is 5.97 Å². The second-order valence-corrected chi connectivity index (χ2v) is 5.14. The Morgan fingerprint density at radius 1 is 1.30 bits per heavy atom. The summed E-state index contributed by atoms with van der Waals surface area (Å²) in [5.41, 5.74) is 1.09. The number of carbonyl (C=O) groups is 2. The largest absolute Gasteiger partial charge is 0.478 e. The summed E-state index contributed by atoms with van der Waals surface area (Å²) in [4.78, 5) is 22.9. The highest BCUT2D eigenvalue weighted by Gasteiger charge is 2.16. The zero-order chi connectivity index (χ0) is 16.8. The van der Waals surface area contributed by atoms with E-state index in [0.29, 0.717) is 18.1 Å².